The summed E-state index contributed by atoms with van der Waals surface area (Å²) in [5.74, 6) is -0.462. The van der Waals surface area contributed by atoms with Crippen molar-refractivity contribution >= 4 is 16.9 Å². The molecule has 0 saturated carbocycles. The molecule has 0 aliphatic carbocycles. The number of H-pyrrole nitrogens is 1. The Bertz CT molecular complexity index is 1730. The Balaban J connectivity index is 1.34. The summed E-state index contributed by atoms with van der Waals surface area (Å²) < 4.78 is 22.5. The van der Waals surface area contributed by atoms with Crippen LogP contribution in [0.5, 0.6) is 11.5 Å². The van der Waals surface area contributed by atoms with Crippen molar-refractivity contribution in [3.63, 3.8) is 0 Å². The second kappa shape index (κ2) is 10.2. The number of carbonyl (C=O) groups is 1. The van der Waals surface area contributed by atoms with Crippen molar-refractivity contribution < 1.29 is 13.9 Å². The fourth-order valence-corrected chi connectivity index (χ4v) is 4.18. The normalized spacial score (nSPS) is 11.6. The minimum absolute atomic E-state index is 0.0287. The first kappa shape index (κ1) is 26.0. The van der Waals surface area contributed by atoms with Crippen molar-refractivity contribution in [1.82, 2.24) is 24.7 Å². The second-order valence-corrected chi connectivity index (χ2v) is 10.5. The number of halogens is 1. The minimum Gasteiger partial charge on any atom is -0.452 e. The van der Waals surface area contributed by atoms with E-state index in [0.717, 1.165) is 28.8 Å². The van der Waals surface area contributed by atoms with Crippen LogP contribution in [0.25, 0.3) is 16.9 Å². The molecule has 0 aliphatic heterocycles. The van der Waals surface area contributed by atoms with E-state index in [1.54, 1.807) is 6.07 Å². The topological polar surface area (TPSA) is 103 Å². The van der Waals surface area contributed by atoms with E-state index in [9.17, 15) is 14.0 Å². The van der Waals surface area contributed by atoms with Crippen LogP contribution >= 0.6 is 0 Å². The molecule has 0 spiro atoms. The van der Waals surface area contributed by atoms with Crippen LogP contribution in [0.4, 0.5) is 4.39 Å². The number of pyridine rings is 1. The first-order chi connectivity index (χ1) is 18.6. The van der Waals surface area contributed by atoms with Gasteiger partial charge in [0.2, 0.25) is 0 Å². The molecule has 5 aromatic rings. The standard InChI is InChI=1S/C30H28FN5O3/c1-18-5-8-20(9-6-18)36-21(16-26(35-36)30(2,3)4)15-22(37)13-19-7-10-24(23(31)14-19)39-25-11-12-32-29-28(25)33-17-27(38)34-29/h5-12,14,16-17H,13,15H2,1-4H3,(H,32,34,38). The van der Waals surface area contributed by atoms with Gasteiger partial charge in [0, 0.05) is 30.5 Å². The van der Waals surface area contributed by atoms with Gasteiger partial charge >= 0.3 is 0 Å². The molecule has 0 amide bonds. The quantitative estimate of drug-likeness (QED) is 0.305. The molecule has 5 rings (SSSR count). The Hall–Kier alpha value is -4.66. The van der Waals surface area contributed by atoms with Crippen LogP contribution in [0.1, 0.15) is 43.3 Å². The Morgan fingerprint density at radius 2 is 1.77 bits per heavy atom. The van der Waals surface area contributed by atoms with Crippen molar-refractivity contribution in [2.75, 3.05) is 0 Å². The van der Waals surface area contributed by atoms with E-state index in [0.29, 0.717) is 11.1 Å². The highest BCUT2D eigenvalue weighted by Gasteiger charge is 2.22. The Labute approximate surface area is 224 Å². The number of Topliss-reactive ketones (excluding diaryl/α,β-unsaturated/α-hetero) is 1. The maximum absolute atomic E-state index is 15.0. The van der Waals surface area contributed by atoms with Gasteiger partial charge in [-0.1, -0.05) is 44.5 Å². The SMILES string of the molecule is Cc1ccc(-n2nc(C(C)(C)C)cc2CC(=O)Cc2ccc(Oc3ccnc4[nH]c(=O)cnc34)c(F)c2)cc1. The number of ketones is 1. The number of aromatic nitrogens is 5. The molecular weight excluding hydrogens is 497 g/mol. The average Bonchev–Trinajstić information content (AvgIpc) is 3.30. The van der Waals surface area contributed by atoms with Crippen LogP contribution in [0, 0.1) is 12.7 Å². The molecule has 3 heterocycles. The van der Waals surface area contributed by atoms with Gasteiger partial charge in [0.25, 0.3) is 5.56 Å². The maximum Gasteiger partial charge on any atom is 0.268 e. The number of hydrogen-bond donors (Lipinski definition) is 1. The number of aromatic amines is 1. The predicted octanol–water partition coefficient (Wildman–Crippen LogP) is 5.40. The van der Waals surface area contributed by atoms with Gasteiger partial charge in [-0.05, 0) is 42.8 Å². The molecule has 0 aliphatic rings. The van der Waals surface area contributed by atoms with E-state index in [-0.39, 0.29) is 41.2 Å². The van der Waals surface area contributed by atoms with Crippen molar-refractivity contribution in [1.29, 1.82) is 0 Å². The number of nitrogens with one attached hydrogen (secondary N) is 1. The fourth-order valence-electron chi connectivity index (χ4n) is 4.18. The summed E-state index contributed by atoms with van der Waals surface area (Å²) >= 11 is 0. The first-order valence-corrected chi connectivity index (χ1v) is 12.6. The molecule has 0 saturated heterocycles. The van der Waals surface area contributed by atoms with Gasteiger partial charge in [-0.3, -0.25) is 9.59 Å². The lowest BCUT2D eigenvalue weighted by Crippen LogP contribution is -2.13. The molecule has 2 aromatic carbocycles. The monoisotopic (exact) mass is 525 g/mol. The van der Waals surface area contributed by atoms with Crippen molar-refractivity contribution in [2.24, 2.45) is 0 Å². The van der Waals surface area contributed by atoms with Gasteiger partial charge in [-0.15, -0.1) is 0 Å². The summed E-state index contributed by atoms with van der Waals surface area (Å²) in [6.45, 7) is 8.26. The highest BCUT2D eigenvalue weighted by atomic mass is 19.1. The van der Waals surface area contributed by atoms with E-state index in [1.165, 1.54) is 24.4 Å². The lowest BCUT2D eigenvalue weighted by molar-refractivity contribution is -0.117. The molecule has 0 unspecified atom stereocenters. The summed E-state index contributed by atoms with van der Waals surface area (Å²) in [5, 5.41) is 4.79. The predicted molar refractivity (Wildman–Crippen MR) is 146 cm³/mol. The van der Waals surface area contributed by atoms with Crippen LogP contribution in [0.2, 0.25) is 0 Å². The van der Waals surface area contributed by atoms with Crippen molar-refractivity contribution in [3.05, 3.63) is 106 Å². The molecule has 0 fully saturated rings. The van der Waals surface area contributed by atoms with Crippen LogP contribution in [-0.2, 0) is 23.1 Å². The third-order valence-electron chi connectivity index (χ3n) is 6.27. The van der Waals surface area contributed by atoms with E-state index in [1.807, 2.05) is 41.9 Å². The molecule has 9 heteroatoms. The van der Waals surface area contributed by atoms with E-state index in [2.05, 4.69) is 35.7 Å². The average molecular weight is 526 g/mol. The number of aryl methyl sites for hydroxylation is 1. The number of rotatable bonds is 7. The fraction of sp³-hybridized carbons (Fsp3) is 0.233. The summed E-state index contributed by atoms with van der Waals surface area (Å²) in [6, 6.07) is 15.9. The van der Waals surface area contributed by atoms with E-state index >= 15 is 0 Å². The van der Waals surface area contributed by atoms with Crippen LogP contribution < -0.4 is 10.3 Å². The molecule has 1 N–H and O–H groups in total. The number of fused-ring (bicyclic) bond motifs is 1. The van der Waals surface area contributed by atoms with Gasteiger partial charge in [0.1, 0.15) is 11.3 Å². The number of nitrogens with zero attached hydrogens (tertiary/aromatic N) is 4. The largest absolute Gasteiger partial charge is 0.452 e. The summed E-state index contributed by atoms with van der Waals surface area (Å²) in [7, 11) is 0. The molecule has 0 atom stereocenters. The molecule has 39 heavy (non-hydrogen) atoms. The van der Waals surface area contributed by atoms with Gasteiger partial charge in [-0.2, -0.15) is 5.10 Å². The van der Waals surface area contributed by atoms with Crippen LogP contribution in [-0.4, -0.2) is 30.5 Å². The number of benzene rings is 2. The second-order valence-electron chi connectivity index (χ2n) is 10.5. The van der Waals surface area contributed by atoms with E-state index in [4.69, 9.17) is 9.84 Å². The number of hydrogen-bond acceptors (Lipinski definition) is 6. The van der Waals surface area contributed by atoms with Gasteiger partial charge < -0.3 is 9.72 Å². The molecule has 8 nitrogen and oxygen atoms in total. The maximum atomic E-state index is 15.0. The zero-order valence-corrected chi connectivity index (χ0v) is 22.2. The summed E-state index contributed by atoms with van der Waals surface area (Å²) in [5.41, 5.74) is 4.18. The first-order valence-electron chi connectivity index (χ1n) is 12.6. The lowest BCUT2D eigenvalue weighted by Gasteiger charge is -2.14. The zero-order valence-electron chi connectivity index (χ0n) is 22.2. The minimum atomic E-state index is -0.616. The van der Waals surface area contributed by atoms with Gasteiger partial charge in [-0.25, -0.2) is 19.0 Å². The Kier molecular flexibility index (Phi) is 6.82. The van der Waals surface area contributed by atoms with Crippen LogP contribution in [0.15, 0.2) is 71.8 Å². The van der Waals surface area contributed by atoms with Gasteiger partial charge in [0.05, 0.1) is 23.3 Å². The Morgan fingerprint density at radius 1 is 1.00 bits per heavy atom. The summed E-state index contributed by atoms with van der Waals surface area (Å²) in [6.07, 6.45) is 2.76. The van der Waals surface area contributed by atoms with E-state index < -0.39 is 11.4 Å². The van der Waals surface area contributed by atoms with Crippen molar-refractivity contribution in [3.8, 4) is 17.2 Å². The third-order valence-corrected chi connectivity index (χ3v) is 6.27. The molecule has 198 valence electrons. The van der Waals surface area contributed by atoms with Crippen molar-refractivity contribution in [2.45, 2.75) is 46.0 Å². The number of ether oxygens (including phenoxy) is 1. The molecule has 0 radical (unpaired) electrons. The smallest absolute Gasteiger partial charge is 0.268 e. The Morgan fingerprint density at radius 3 is 2.49 bits per heavy atom. The highest BCUT2D eigenvalue weighted by Crippen LogP contribution is 2.29. The summed E-state index contributed by atoms with van der Waals surface area (Å²) in [4.78, 5) is 35.3. The molecule has 0 bridgehead atoms. The highest BCUT2D eigenvalue weighted by molar-refractivity contribution is 5.83. The lowest BCUT2D eigenvalue weighted by atomic mass is 9.92. The zero-order chi connectivity index (χ0) is 27.7. The molecule has 3 aromatic heterocycles. The third kappa shape index (κ3) is 5.77. The molecular formula is C30H28FN5O3. The van der Waals surface area contributed by atoms with Gasteiger partial charge in [0.15, 0.2) is 23.0 Å². The van der Waals surface area contributed by atoms with Crippen LogP contribution in [0.3, 0.4) is 0 Å². The number of carbonyl (C=O) groups excluding carboxylic acids is 1.